The first-order valence-electron chi connectivity index (χ1n) is 5.10. The van der Waals surface area contributed by atoms with Crippen LogP contribution >= 0.6 is 22.9 Å². The van der Waals surface area contributed by atoms with Gasteiger partial charge in [0, 0.05) is 18.1 Å². The van der Waals surface area contributed by atoms with Crippen molar-refractivity contribution in [1.82, 2.24) is 20.1 Å². The Balaban J connectivity index is 1.97. The highest BCUT2D eigenvalue weighted by molar-refractivity contribution is 7.09. The third-order valence-electron chi connectivity index (χ3n) is 2.05. The summed E-state index contributed by atoms with van der Waals surface area (Å²) in [5.41, 5.74) is 1.03. The van der Waals surface area contributed by atoms with E-state index in [1.54, 1.807) is 28.4 Å². The molecular weight excluding hydrogens is 244 g/mol. The molecular formula is C10H13ClN4S. The summed E-state index contributed by atoms with van der Waals surface area (Å²) in [7, 11) is 0. The van der Waals surface area contributed by atoms with Crippen LogP contribution in [0.3, 0.4) is 0 Å². The van der Waals surface area contributed by atoms with E-state index in [0.717, 1.165) is 23.8 Å². The molecule has 0 saturated heterocycles. The minimum Gasteiger partial charge on any atom is -0.311 e. The highest BCUT2D eigenvalue weighted by Crippen LogP contribution is 2.12. The van der Waals surface area contributed by atoms with E-state index >= 15 is 0 Å². The third-order valence-corrected chi connectivity index (χ3v) is 3.14. The standard InChI is InChI=1S/C10H13ClN4S/c1-2-12-4-10-14-9(7-16-10)6-15-5-8(11)3-13-15/h3,5,7,12H,2,4,6H2,1H3. The van der Waals surface area contributed by atoms with Crippen LogP contribution in [0.1, 0.15) is 17.6 Å². The van der Waals surface area contributed by atoms with E-state index in [4.69, 9.17) is 11.6 Å². The predicted molar refractivity (Wildman–Crippen MR) is 65.8 cm³/mol. The van der Waals surface area contributed by atoms with Crippen molar-refractivity contribution in [3.63, 3.8) is 0 Å². The molecule has 0 radical (unpaired) electrons. The molecule has 0 aliphatic rings. The van der Waals surface area contributed by atoms with Crippen LogP contribution < -0.4 is 5.32 Å². The molecule has 2 aromatic heterocycles. The largest absolute Gasteiger partial charge is 0.311 e. The summed E-state index contributed by atoms with van der Waals surface area (Å²) >= 11 is 7.46. The first-order valence-corrected chi connectivity index (χ1v) is 6.35. The number of nitrogens with zero attached hydrogens (tertiary/aromatic N) is 3. The van der Waals surface area contributed by atoms with Crippen molar-refractivity contribution >= 4 is 22.9 Å². The molecule has 0 aromatic carbocycles. The van der Waals surface area contributed by atoms with Gasteiger partial charge in [0.1, 0.15) is 5.01 Å². The normalized spacial score (nSPS) is 10.9. The van der Waals surface area contributed by atoms with Gasteiger partial charge < -0.3 is 5.32 Å². The zero-order valence-corrected chi connectivity index (χ0v) is 10.6. The molecule has 1 N–H and O–H groups in total. The zero-order chi connectivity index (χ0) is 11.4. The molecule has 0 aliphatic carbocycles. The maximum Gasteiger partial charge on any atom is 0.107 e. The van der Waals surface area contributed by atoms with E-state index in [1.165, 1.54) is 0 Å². The van der Waals surface area contributed by atoms with Crippen molar-refractivity contribution in [2.45, 2.75) is 20.0 Å². The quantitative estimate of drug-likeness (QED) is 0.892. The molecule has 0 aliphatic heterocycles. The lowest BCUT2D eigenvalue weighted by atomic mass is 10.5. The van der Waals surface area contributed by atoms with Crippen LogP contribution in [0.5, 0.6) is 0 Å². The van der Waals surface area contributed by atoms with Crippen molar-refractivity contribution in [2.75, 3.05) is 6.54 Å². The van der Waals surface area contributed by atoms with Gasteiger partial charge in [-0.3, -0.25) is 4.68 Å². The Morgan fingerprint density at radius 2 is 2.44 bits per heavy atom. The van der Waals surface area contributed by atoms with E-state index in [1.807, 2.05) is 0 Å². The average molecular weight is 257 g/mol. The molecule has 0 bridgehead atoms. The Kier molecular flexibility index (Phi) is 3.93. The maximum absolute atomic E-state index is 5.79. The third kappa shape index (κ3) is 3.04. The summed E-state index contributed by atoms with van der Waals surface area (Å²) in [6.45, 7) is 4.56. The number of hydrogen-bond acceptors (Lipinski definition) is 4. The summed E-state index contributed by atoms with van der Waals surface area (Å²) in [4.78, 5) is 4.50. The second-order valence-corrected chi connectivity index (χ2v) is 4.75. The van der Waals surface area contributed by atoms with Gasteiger partial charge >= 0.3 is 0 Å². The second-order valence-electron chi connectivity index (χ2n) is 3.37. The summed E-state index contributed by atoms with van der Waals surface area (Å²) < 4.78 is 1.79. The summed E-state index contributed by atoms with van der Waals surface area (Å²) in [5, 5.41) is 11.2. The van der Waals surface area contributed by atoms with Crippen LogP contribution in [-0.2, 0) is 13.1 Å². The lowest BCUT2D eigenvalue weighted by Crippen LogP contribution is -2.11. The van der Waals surface area contributed by atoms with Crippen molar-refractivity contribution in [2.24, 2.45) is 0 Å². The minimum absolute atomic E-state index is 0.656. The Bertz CT molecular complexity index is 451. The van der Waals surface area contributed by atoms with Crippen molar-refractivity contribution in [3.8, 4) is 0 Å². The molecule has 0 unspecified atom stereocenters. The molecule has 0 fully saturated rings. The SMILES string of the molecule is CCNCc1nc(Cn2cc(Cl)cn2)cs1. The molecule has 86 valence electrons. The molecule has 2 heterocycles. The first-order chi connectivity index (χ1) is 7.78. The van der Waals surface area contributed by atoms with E-state index in [9.17, 15) is 0 Å². The van der Waals surface area contributed by atoms with Gasteiger partial charge in [-0.1, -0.05) is 18.5 Å². The van der Waals surface area contributed by atoms with Gasteiger partial charge in [-0.05, 0) is 6.54 Å². The molecule has 6 heteroatoms. The highest BCUT2D eigenvalue weighted by atomic mass is 35.5. The maximum atomic E-state index is 5.79. The molecule has 16 heavy (non-hydrogen) atoms. The highest BCUT2D eigenvalue weighted by Gasteiger charge is 2.03. The van der Waals surface area contributed by atoms with Crippen LogP contribution in [-0.4, -0.2) is 21.3 Å². The van der Waals surface area contributed by atoms with Crippen molar-refractivity contribution in [1.29, 1.82) is 0 Å². The number of nitrogens with one attached hydrogen (secondary N) is 1. The molecule has 2 rings (SSSR count). The number of thiazole rings is 1. The van der Waals surface area contributed by atoms with Gasteiger partial charge in [0.2, 0.25) is 0 Å². The summed E-state index contributed by atoms with van der Waals surface area (Å²) in [5.74, 6) is 0. The number of aromatic nitrogens is 3. The van der Waals surface area contributed by atoms with E-state index in [0.29, 0.717) is 11.6 Å². The fraction of sp³-hybridized carbons (Fsp3) is 0.400. The number of rotatable bonds is 5. The molecule has 4 nitrogen and oxygen atoms in total. The Morgan fingerprint density at radius 1 is 1.56 bits per heavy atom. The molecule has 0 atom stereocenters. The smallest absolute Gasteiger partial charge is 0.107 e. The molecule has 0 saturated carbocycles. The number of halogens is 1. The van der Waals surface area contributed by atoms with Crippen molar-refractivity contribution in [3.05, 3.63) is 33.5 Å². The van der Waals surface area contributed by atoms with Crippen LogP contribution in [0.25, 0.3) is 0 Å². The van der Waals surface area contributed by atoms with Gasteiger partial charge in [-0.2, -0.15) is 5.10 Å². The van der Waals surface area contributed by atoms with Gasteiger partial charge in [-0.25, -0.2) is 4.98 Å². The Hall–Kier alpha value is -0.910. The van der Waals surface area contributed by atoms with Gasteiger partial charge in [0.05, 0.1) is 23.5 Å². The fourth-order valence-electron chi connectivity index (χ4n) is 1.33. The lowest BCUT2D eigenvalue weighted by molar-refractivity contribution is 0.667. The van der Waals surface area contributed by atoms with Gasteiger partial charge in [0.15, 0.2) is 0 Å². The van der Waals surface area contributed by atoms with Gasteiger partial charge in [-0.15, -0.1) is 11.3 Å². The topological polar surface area (TPSA) is 42.7 Å². The molecule has 0 spiro atoms. The fourth-order valence-corrected chi connectivity index (χ4v) is 2.24. The second kappa shape index (κ2) is 5.43. The van der Waals surface area contributed by atoms with E-state index in [-0.39, 0.29) is 0 Å². The Labute approximate surface area is 103 Å². The number of hydrogen-bond donors (Lipinski definition) is 1. The van der Waals surface area contributed by atoms with E-state index in [2.05, 4.69) is 27.7 Å². The van der Waals surface area contributed by atoms with Crippen LogP contribution in [0, 0.1) is 0 Å². The average Bonchev–Trinajstić information content (AvgIpc) is 2.86. The minimum atomic E-state index is 0.656. The van der Waals surface area contributed by atoms with Crippen LogP contribution in [0.2, 0.25) is 5.02 Å². The monoisotopic (exact) mass is 256 g/mol. The predicted octanol–water partition coefficient (Wildman–Crippen LogP) is 2.15. The van der Waals surface area contributed by atoms with E-state index < -0.39 is 0 Å². The van der Waals surface area contributed by atoms with Gasteiger partial charge in [0.25, 0.3) is 0 Å². The summed E-state index contributed by atoms with van der Waals surface area (Å²) in [6, 6.07) is 0. The van der Waals surface area contributed by atoms with Crippen LogP contribution in [0.15, 0.2) is 17.8 Å². The lowest BCUT2D eigenvalue weighted by Gasteiger charge is -1.97. The molecule has 2 aromatic rings. The first kappa shape index (κ1) is 11.6. The summed E-state index contributed by atoms with van der Waals surface area (Å²) in [6.07, 6.45) is 3.43. The van der Waals surface area contributed by atoms with Crippen molar-refractivity contribution < 1.29 is 0 Å². The zero-order valence-electron chi connectivity index (χ0n) is 8.98. The van der Waals surface area contributed by atoms with Crippen LogP contribution in [0.4, 0.5) is 0 Å². The molecule has 0 amide bonds. The Morgan fingerprint density at radius 3 is 3.12 bits per heavy atom.